The number of benzene rings is 1. The Labute approximate surface area is 122 Å². The minimum Gasteiger partial charge on any atom is -0.493 e. The molecule has 0 N–H and O–H groups in total. The highest BCUT2D eigenvalue weighted by molar-refractivity contribution is 6.62. The van der Waals surface area contributed by atoms with Gasteiger partial charge in [-0.25, -0.2) is 4.79 Å². The fraction of sp³-hybridized carbons (Fsp3) is 0.357. The Hall–Kier alpha value is -2.66. The van der Waals surface area contributed by atoms with Gasteiger partial charge in [-0.15, -0.1) is 0 Å². The molecule has 7 heteroatoms. The van der Waals surface area contributed by atoms with Crippen LogP contribution in [0.5, 0.6) is 11.5 Å². The highest BCUT2D eigenvalue weighted by Gasteiger charge is 2.30. The first-order chi connectivity index (χ1) is 10.1. The molecule has 7 nitrogen and oxygen atoms in total. The summed E-state index contributed by atoms with van der Waals surface area (Å²) in [5, 5.41) is 0. The first-order valence-corrected chi connectivity index (χ1v) is 6.20. The average Bonchev–Trinajstić information content (AvgIpc) is 2.48. The van der Waals surface area contributed by atoms with Gasteiger partial charge in [-0.1, -0.05) is 6.07 Å². The van der Waals surface area contributed by atoms with Gasteiger partial charge in [0.25, 0.3) is 5.78 Å². The lowest BCUT2D eigenvalue weighted by Gasteiger charge is -2.08. The maximum atomic E-state index is 12.0. The zero-order valence-corrected chi connectivity index (χ0v) is 12.1. The van der Waals surface area contributed by atoms with Gasteiger partial charge < -0.3 is 19.7 Å². The van der Waals surface area contributed by atoms with Crippen molar-refractivity contribution in [3.8, 4) is 11.5 Å². The van der Waals surface area contributed by atoms with Gasteiger partial charge in [0.2, 0.25) is 0 Å². The Bertz CT molecular complexity index is 591. The summed E-state index contributed by atoms with van der Waals surface area (Å²) < 4.78 is 14.9. The lowest BCUT2D eigenvalue weighted by molar-refractivity contribution is -0.141. The third kappa shape index (κ3) is 4.15. The summed E-state index contributed by atoms with van der Waals surface area (Å²) in [5.41, 5.74) is 8.73. The van der Waals surface area contributed by atoms with E-state index in [1.54, 1.807) is 25.1 Å². The van der Waals surface area contributed by atoms with Crippen LogP contribution in [-0.2, 0) is 20.7 Å². The molecule has 1 aromatic rings. The minimum atomic E-state index is -0.953. The monoisotopic (exact) mass is 292 g/mol. The SMILES string of the molecule is CCOC(=O)C(=[N+]=[N-])C(=O)Cc1ccc(OC)c(OC)c1. The summed E-state index contributed by atoms with van der Waals surface area (Å²) >= 11 is 0. The Morgan fingerprint density at radius 1 is 1.19 bits per heavy atom. The number of methoxy groups -OCH3 is 2. The molecule has 0 unspecified atom stereocenters. The Balaban J connectivity index is 2.92. The quantitative estimate of drug-likeness (QED) is 0.246. The van der Waals surface area contributed by atoms with Gasteiger partial charge in [0.05, 0.1) is 20.8 Å². The van der Waals surface area contributed by atoms with Crippen LogP contribution in [0.25, 0.3) is 5.53 Å². The largest absolute Gasteiger partial charge is 0.493 e. The molecule has 112 valence electrons. The molecule has 0 saturated heterocycles. The maximum absolute atomic E-state index is 12.0. The van der Waals surface area contributed by atoms with E-state index in [1.165, 1.54) is 14.2 Å². The Morgan fingerprint density at radius 2 is 1.86 bits per heavy atom. The predicted octanol–water partition coefficient (Wildman–Crippen LogP) is 1.05. The van der Waals surface area contributed by atoms with E-state index in [2.05, 4.69) is 9.53 Å². The molecular formula is C14H16N2O5. The highest BCUT2D eigenvalue weighted by atomic mass is 16.5. The molecule has 0 fully saturated rings. The van der Waals surface area contributed by atoms with E-state index in [-0.39, 0.29) is 13.0 Å². The molecule has 0 bridgehead atoms. The molecule has 0 atom stereocenters. The van der Waals surface area contributed by atoms with Crippen molar-refractivity contribution in [3.05, 3.63) is 29.3 Å². The van der Waals surface area contributed by atoms with E-state index in [1.807, 2.05) is 0 Å². The smallest absolute Gasteiger partial charge is 0.441 e. The van der Waals surface area contributed by atoms with E-state index in [0.717, 1.165) is 0 Å². The van der Waals surface area contributed by atoms with Crippen LogP contribution >= 0.6 is 0 Å². The summed E-state index contributed by atoms with van der Waals surface area (Å²) in [7, 11) is 2.97. The predicted molar refractivity (Wildman–Crippen MR) is 73.5 cm³/mol. The summed E-state index contributed by atoms with van der Waals surface area (Å²) in [5.74, 6) is -0.620. The van der Waals surface area contributed by atoms with Gasteiger partial charge in [0.1, 0.15) is 0 Å². The molecule has 0 spiro atoms. The van der Waals surface area contributed by atoms with Crippen molar-refractivity contribution in [2.45, 2.75) is 13.3 Å². The summed E-state index contributed by atoms with van der Waals surface area (Å²) in [6, 6.07) is 4.90. The van der Waals surface area contributed by atoms with Gasteiger partial charge in [0.15, 0.2) is 11.5 Å². The van der Waals surface area contributed by atoms with Crippen molar-refractivity contribution in [1.82, 2.24) is 0 Å². The first kappa shape index (κ1) is 16.4. The fourth-order valence-electron chi connectivity index (χ4n) is 1.67. The van der Waals surface area contributed by atoms with Crippen LogP contribution in [0.15, 0.2) is 18.2 Å². The average molecular weight is 292 g/mol. The third-order valence-electron chi connectivity index (χ3n) is 2.65. The lowest BCUT2D eigenvalue weighted by atomic mass is 10.1. The number of Topliss-reactive ketones (excluding diaryl/α,β-unsaturated/α-hetero) is 1. The van der Waals surface area contributed by atoms with Crippen molar-refractivity contribution >= 4 is 17.5 Å². The van der Waals surface area contributed by atoms with Crippen LogP contribution in [0.2, 0.25) is 0 Å². The molecular weight excluding hydrogens is 276 g/mol. The molecule has 1 aromatic carbocycles. The fourth-order valence-corrected chi connectivity index (χ4v) is 1.67. The van der Waals surface area contributed by atoms with Gasteiger partial charge in [-0.05, 0) is 24.6 Å². The molecule has 21 heavy (non-hydrogen) atoms. The first-order valence-electron chi connectivity index (χ1n) is 6.20. The number of rotatable bonds is 7. The van der Waals surface area contributed by atoms with E-state index in [9.17, 15) is 9.59 Å². The van der Waals surface area contributed by atoms with Crippen LogP contribution in [0.1, 0.15) is 12.5 Å². The van der Waals surface area contributed by atoms with Gasteiger partial charge in [0, 0.05) is 6.42 Å². The number of ketones is 1. The minimum absolute atomic E-state index is 0.0848. The zero-order valence-electron chi connectivity index (χ0n) is 12.1. The summed E-state index contributed by atoms with van der Waals surface area (Å²) in [6.07, 6.45) is -0.126. The number of nitrogens with zero attached hydrogens (tertiary/aromatic N) is 2. The second-order valence-electron chi connectivity index (χ2n) is 3.96. The van der Waals surface area contributed by atoms with Crippen molar-refractivity contribution in [3.63, 3.8) is 0 Å². The van der Waals surface area contributed by atoms with Crippen LogP contribution in [0.4, 0.5) is 0 Å². The number of ether oxygens (including phenoxy) is 3. The van der Waals surface area contributed by atoms with Gasteiger partial charge >= 0.3 is 11.7 Å². The Kier molecular flexibility index (Phi) is 6.10. The second-order valence-corrected chi connectivity index (χ2v) is 3.96. The molecule has 0 radical (unpaired) electrons. The van der Waals surface area contributed by atoms with Crippen molar-refractivity contribution < 1.29 is 28.6 Å². The van der Waals surface area contributed by atoms with E-state index < -0.39 is 17.5 Å². The Morgan fingerprint density at radius 3 is 2.38 bits per heavy atom. The van der Waals surface area contributed by atoms with Crippen LogP contribution in [0.3, 0.4) is 0 Å². The molecule has 0 saturated carbocycles. The standard InChI is InChI=1S/C14H16N2O5/c1-4-21-14(18)13(16-15)10(17)7-9-5-6-11(19-2)12(8-9)20-3/h5-6,8H,4,7H2,1-3H3. The molecule has 0 aliphatic heterocycles. The van der Waals surface area contributed by atoms with Crippen LogP contribution in [-0.4, -0.2) is 43.1 Å². The molecule has 0 amide bonds. The normalized spacial score (nSPS) is 9.48. The lowest BCUT2D eigenvalue weighted by Crippen LogP contribution is -2.28. The topological polar surface area (TPSA) is 98.2 Å². The van der Waals surface area contributed by atoms with E-state index >= 15 is 0 Å². The van der Waals surface area contributed by atoms with Gasteiger partial charge in [-0.2, -0.15) is 4.79 Å². The molecule has 0 aliphatic carbocycles. The van der Waals surface area contributed by atoms with Crippen molar-refractivity contribution in [1.29, 1.82) is 0 Å². The summed E-state index contributed by atoms with van der Waals surface area (Å²) in [4.78, 5) is 26.1. The maximum Gasteiger partial charge on any atom is 0.441 e. The number of hydrogen-bond acceptors (Lipinski definition) is 5. The zero-order chi connectivity index (χ0) is 15.8. The highest BCUT2D eigenvalue weighted by Crippen LogP contribution is 2.27. The molecule has 0 heterocycles. The van der Waals surface area contributed by atoms with Crippen molar-refractivity contribution in [2.75, 3.05) is 20.8 Å². The molecule has 1 rings (SSSR count). The van der Waals surface area contributed by atoms with Gasteiger partial charge in [-0.3, -0.25) is 4.79 Å². The second kappa shape index (κ2) is 7.81. The number of hydrogen-bond donors (Lipinski definition) is 0. The molecule has 0 aromatic heterocycles. The number of carbonyl (C=O) groups is 2. The van der Waals surface area contributed by atoms with E-state index in [4.69, 9.17) is 15.0 Å². The molecule has 0 aliphatic rings. The van der Waals surface area contributed by atoms with E-state index in [0.29, 0.717) is 17.1 Å². The summed E-state index contributed by atoms with van der Waals surface area (Å²) in [6.45, 7) is 1.67. The third-order valence-corrected chi connectivity index (χ3v) is 2.65. The van der Waals surface area contributed by atoms with Crippen LogP contribution in [0, 0.1) is 0 Å². The van der Waals surface area contributed by atoms with Crippen LogP contribution < -0.4 is 9.47 Å². The number of esters is 1. The van der Waals surface area contributed by atoms with Crippen molar-refractivity contribution in [2.24, 2.45) is 0 Å². The number of carbonyl (C=O) groups excluding carboxylic acids is 2.